The van der Waals surface area contributed by atoms with E-state index in [1.807, 2.05) is 0 Å². The predicted molar refractivity (Wildman–Crippen MR) is 54.4 cm³/mol. The van der Waals surface area contributed by atoms with Crippen molar-refractivity contribution in [1.29, 1.82) is 0 Å². The van der Waals surface area contributed by atoms with E-state index in [1.54, 1.807) is 0 Å². The first-order valence-electron chi connectivity index (χ1n) is 4.51. The minimum atomic E-state index is -0.668. The summed E-state index contributed by atoms with van der Waals surface area (Å²) >= 11 is 5.81. The van der Waals surface area contributed by atoms with Crippen molar-refractivity contribution in [2.24, 2.45) is 0 Å². The Bertz CT molecular complexity index is 410. The van der Waals surface area contributed by atoms with Gasteiger partial charge in [0.2, 0.25) is 5.91 Å². The van der Waals surface area contributed by atoms with Crippen LogP contribution in [0.2, 0.25) is 5.02 Å². The van der Waals surface area contributed by atoms with Crippen molar-refractivity contribution in [3.8, 4) is 0 Å². The highest BCUT2D eigenvalue weighted by atomic mass is 35.5. The lowest BCUT2D eigenvalue weighted by atomic mass is 10.3. The monoisotopic (exact) mass is 229 g/mol. The molecule has 0 radical (unpaired) electrons. The number of anilines is 1. The Hall–Kier alpha value is -1.13. The fourth-order valence-electron chi connectivity index (χ4n) is 1.62. The quantitative estimate of drug-likeness (QED) is 0.794. The Morgan fingerprint density at radius 1 is 1.53 bits per heavy atom. The van der Waals surface area contributed by atoms with Crippen molar-refractivity contribution in [2.45, 2.75) is 12.5 Å². The molecule has 1 fully saturated rings. The number of nitrogens with zero attached hydrogens (tertiary/aromatic N) is 1. The summed E-state index contributed by atoms with van der Waals surface area (Å²) in [7, 11) is 0. The van der Waals surface area contributed by atoms with Crippen molar-refractivity contribution >= 4 is 23.2 Å². The van der Waals surface area contributed by atoms with E-state index in [2.05, 4.69) is 0 Å². The molecule has 5 heteroatoms. The molecule has 1 N–H and O–H groups in total. The van der Waals surface area contributed by atoms with Gasteiger partial charge in [0.25, 0.3) is 0 Å². The van der Waals surface area contributed by atoms with Gasteiger partial charge in [0.15, 0.2) is 0 Å². The standard InChI is InChI=1S/C10H9ClFNO2/c11-8-3-6(12)1-2-9(8)13-5-7(14)4-10(13)15/h1-3,7,14H,4-5H2. The summed E-state index contributed by atoms with van der Waals surface area (Å²) in [5, 5.41) is 9.48. The predicted octanol–water partition coefficient (Wildman–Crippen LogP) is 1.58. The maximum atomic E-state index is 12.8. The van der Waals surface area contributed by atoms with E-state index in [1.165, 1.54) is 17.0 Å². The van der Waals surface area contributed by atoms with Crippen LogP contribution >= 0.6 is 11.6 Å². The van der Waals surface area contributed by atoms with Gasteiger partial charge in [0.05, 0.1) is 29.8 Å². The van der Waals surface area contributed by atoms with E-state index in [0.29, 0.717) is 5.69 Å². The fraction of sp³-hybridized carbons (Fsp3) is 0.300. The summed E-state index contributed by atoms with van der Waals surface area (Å²) in [6.45, 7) is 0.212. The smallest absolute Gasteiger partial charge is 0.229 e. The highest BCUT2D eigenvalue weighted by molar-refractivity contribution is 6.33. The SMILES string of the molecule is O=C1CC(O)CN1c1ccc(F)cc1Cl. The molecule has 0 aliphatic carbocycles. The van der Waals surface area contributed by atoms with E-state index in [4.69, 9.17) is 11.6 Å². The normalized spacial score (nSPS) is 21.1. The van der Waals surface area contributed by atoms with E-state index in [9.17, 15) is 14.3 Å². The van der Waals surface area contributed by atoms with Crippen LogP contribution in [-0.2, 0) is 4.79 Å². The Labute approximate surface area is 91.1 Å². The number of benzene rings is 1. The molecule has 0 bridgehead atoms. The Morgan fingerprint density at radius 3 is 2.80 bits per heavy atom. The van der Waals surface area contributed by atoms with Gasteiger partial charge in [-0.2, -0.15) is 0 Å². The molecule has 0 spiro atoms. The average Bonchev–Trinajstić information content (AvgIpc) is 2.45. The second-order valence-electron chi connectivity index (χ2n) is 3.46. The van der Waals surface area contributed by atoms with Crippen LogP contribution in [0, 0.1) is 5.82 Å². The lowest BCUT2D eigenvalue weighted by Gasteiger charge is -2.17. The van der Waals surface area contributed by atoms with Gasteiger partial charge in [-0.05, 0) is 18.2 Å². The topological polar surface area (TPSA) is 40.5 Å². The Morgan fingerprint density at radius 2 is 2.27 bits per heavy atom. The summed E-state index contributed by atoms with van der Waals surface area (Å²) in [6.07, 6.45) is -0.577. The minimum Gasteiger partial charge on any atom is -0.391 e. The van der Waals surface area contributed by atoms with Crippen LogP contribution in [0.25, 0.3) is 0 Å². The molecule has 80 valence electrons. The van der Waals surface area contributed by atoms with Crippen LogP contribution in [0.1, 0.15) is 6.42 Å². The number of rotatable bonds is 1. The van der Waals surface area contributed by atoms with Crippen molar-refractivity contribution in [3.05, 3.63) is 29.0 Å². The zero-order valence-electron chi connectivity index (χ0n) is 7.78. The number of aliphatic hydroxyl groups is 1. The lowest BCUT2D eigenvalue weighted by molar-refractivity contribution is -0.117. The van der Waals surface area contributed by atoms with Crippen molar-refractivity contribution in [2.75, 3.05) is 11.4 Å². The first-order chi connectivity index (χ1) is 7.08. The third-order valence-electron chi connectivity index (χ3n) is 2.31. The molecular formula is C10H9ClFNO2. The van der Waals surface area contributed by atoms with Gasteiger partial charge >= 0.3 is 0 Å². The molecule has 1 unspecified atom stereocenters. The maximum absolute atomic E-state index is 12.8. The molecule has 1 aliphatic rings. The first kappa shape index (κ1) is 10.4. The van der Waals surface area contributed by atoms with Gasteiger partial charge < -0.3 is 10.0 Å². The number of β-amino-alcohol motifs (C(OH)–C–C–N with tert-alkyl or cyclic N) is 1. The van der Waals surface area contributed by atoms with Gasteiger partial charge in [-0.1, -0.05) is 11.6 Å². The van der Waals surface area contributed by atoms with E-state index in [-0.39, 0.29) is 23.9 Å². The molecule has 1 heterocycles. The zero-order chi connectivity index (χ0) is 11.0. The molecule has 1 aliphatic heterocycles. The van der Waals surface area contributed by atoms with E-state index >= 15 is 0 Å². The van der Waals surface area contributed by atoms with Crippen LogP contribution in [0.5, 0.6) is 0 Å². The third kappa shape index (κ3) is 1.96. The van der Waals surface area contributed by atoms with Crippen LogP contribution < -0.4 is 4.90 Å². The van der Waals surface area contributed by atoms with Crippen LogP contribution in [-0.4, -0.2) is 23.7 Å². The summed E-state index contributed by atoms with van der Waals surface area (Å²) in [5.41, 5.74) is 0.444. The fourth-order valence-corrected chi connectivity index (χ4v) is 1.89. The molecule has 0 aromatic heterocycles. The molecule has 15 heavy (non-hydrogen) atoms. The Kier molecular flexibility index (Phi) is 2.63. The van der Waals surface area contributed by atoms with Crippen molar-refractivity contribution in [3.63, 3.8) is 0 Å². The Balaban J connectivity index is 2.34. The molecule has 1 saturated heterocycles. The summed E-state index contributed by atoms with van der Waals surface area (Å²) in [6, 6.07) is 3.82. The summed E-state index contributed by atoms with van der Waals surface area (Å²) < 4.78 is 12.8. The number of hydrogen-bond acceptors (Lipinski definition) is 2. The number of halogens is 2. The van der Waals surface area contributed by atoms with Crippen molar-refractivity contribution in [1.82, 2.24) is 0 Å². The molecule has 3 nitrogen and oxygen atoms in total. The number of carbonyl (C=O) groups is 1. The minimum absolute atomic E-state index is 0.0910. The molecular weight excluding hydrogens is 221 g/mol. The molecule has 1 aromatic rings. The average molecular weight is 230 g/mol. The molecule has 2 rings (SSSR count). The largest absolute Gasteiger partial charge is 0.391 e. The van der Waals surface area contributed by atoms with Gasteiger partial charge in [0, 0.05) is 0 Å². The number of carbonyl (C=O) groups excluding carboxylic acids is 1. The third-order valence-corrected chi connectivity index (χ3v) is 2.61. The first-order valence-corrected chi connectivity index (χ1v) is 4.89. The number of amides is 1. The molecule has 1 atom stereocenters. The number of aliphatic hydroxyl groups excluding tert-OH is 1. The van der Waals surface area contributed by atoms with Crippen LogP contribution in [0.4, 0.5) is 10.1 Å². The van der Waals surface area contributed by atoms with E-state index in [0.717, 1.165) is 6.07 Å². The zero-order valence-corrected chi connectivity index (χ0v) is 8.54. The highest BCUT2D eigenvalue weighted by Crippen LogP contribution is 2.29. The molecule has 1 aromatic carbocycles. The molecule has 0 saturated carbocycles. The van der Waals surface area contributed by atoms with E-state index < -0.39 is 11.9 Å². The second-order valence-corrected chi connectivity index (χ2v) is 3.87. The highest BCUT2D eigenvalue weighted by Gasteiger charge is 2.30. The van der Waals surface area contributed by atoms with Gasteiger partial charge in [-0.15, -0.1) is 0 Å². The number of hydrogen-bond donors (Lipinski definition) is 1. The van der Waals surface area contributed by atoms with Gasteiger partial charge in [-0.25, -0.2) is 4.39 Å². The summed E-state index contributed by atoms with van der Waals surface area (Å²) in [5.74, 6) is -0.646. The maximum Gasteiger partial charge on any atom is 0.229 e. The van der Waals surface area contributed by atoms with Gasteiger partial charge in [0.1, 0.15) is 5.82 Å². The van der Waals surface area contributed by atoms with Crippen LogP contribution in [0.15, 0.2) is 18.2 Å². The van der Waals surface area contributed by atoms with Crippen molar-refractivity contribution < 1.29 is 14.3 Å². The summed E-state index contributed by atoms with van der Waals surface area (Å²) in [4.78, 5) is 12.8. The van der Waals surface area contributed by atoms with Gasteiger partial charge in [-0.3, -0.25) is 4.79 Å². The van der Waals surface area contributed by atoms with Crippen LogP contribution in [0.3, 0.4) is 0 Å². The molecule has 1 amide bonds. The second kappa shape index (κ2) is 3.79. The lowest BCUT2D eigenvalue weighted by Crippen LogP contribution is -2.25.